The van der Waals surface area contributed by atoms with E-state index in [1.165, 1.54) is 44.5 Å². The first-order valence-electron chi connectivity index (χ1n) is 10.1. The van der Waals surface area contributed by atoms with Crippen molar-refractivity contribution in [2.75, 3.05) is 26.2 Å². The van der Waals surface area contributed by atoms with Gasteiger partial charge < -0.3 is 9.80 Å². The first kappa shape index (κ1) is 18.2. The molecule has 2 aliphatic rings. The van der Waals surface area contributed by atoms with E-state index in [1.54, 1.807) is 4.90 Å². The first-order valence-corrected chi connectivity index (χ1v) is 10.1. The van der Waals surface area contributed by atoms with Crippen LogP contribution in [0, 0.1) is 11.8 Å². The lowest BCUT2D eigenvalue weighted by Crippen LogP contribution is -3.13. The summed E-state index contributed by atoms with van der Waals surface area (Å²) >= 11 is 0. The van der Waals surface area contributed by atoms with E-state index in [0.717, 1.165) is 31.8 Å². The van der Waals surface area contributed by atoms with Crippen LogP contribution in [0.5, 0.6) is 0 Å². The molecule has 1 aromatic carbocycles. The zero-order valence-corrected chi connectivity index (χ0v) is 15.6. The summed E-state index contributed by atoms with van der Waals surface area (Å²) in [6.07, 6.45) is 10.7. The van der Waals surface area contributed by atoms with Crippen LogP contribution < -0.4 is 4.90 Å². The first-order chi connectivity index (χ1) is 12.3. The predicted molar refractivity (Wildman–Crippen MR) is 102 cm³/mol. The SMILES string of the molecule is CCN(Cc1ccccc1)C(=O)C1CC[NH+](C[C@@H]2CC=CCC2)CC1. The van der Waals surface area contributed by atoms with Gasteiger partial charge in [-0.25, -0.2) is 0 Å². The molecule has 3 rings (SSSR count). The summed E-state index contributed by atoms with van der Waals surface area (Å²) < 4.78 is 0. The average Bonchev–Trinajstić information content (AvgIpc) is 2.68. The van der Waals surface area contributed by atoms with Crippen LogP contribution in [0.2, 0.25) is 0 Å². The normalized spacial score (nSPS) is 26.4. The minimum atomic E-state index is 0.235. The molecule has 1 aliphatic carbocycles. The van der Waals surface area contributed by atoms with Crippen molar-refractivity contribution in [1.82, 2.24) is 4.90 Å². The minimum Gasteiger partial charge on any atom is -0.338 e. The fourth-order valence-corrected chi connectivity index (χ4v) is 4.33. The molecule has 0 unspecified atom stereocenters. The molecule has 1 amide bonds. The van der Waals surface area contributed by atoms with Gasteiger partial charge in [-0.3, -0.25) is 4.79 Å². The Morgan fingerprint density at radius 1 is 1.12 bits per heavy atom. The number of hydrogen-bond acceptors (Lipinski definition) is 1. The average molecular weight is 342 g/mol. The Bertz CT molecular complexity index is 561. The van der Waals surface area contributed by atoms with Gasteiger partial charge in [0.25, 0.3) is 0 Å². The van der Waals surface area contributed by atoms with Crippen LogP contribution in [0.4, 0.5) is 0 Å². The molecule has 0 saturated carbocycles. The number of likely N-dealkylation sites (tertiary alicyclic amines) is 1. The van der Waals surface area contributed by atoms with E-state index >= 15 is 0 Å². The van der Waals surface area contributed by atoms with E-state index in [9.17, 15) is 4.79 Å². The van der Waals surface area contributed by atoms with Crippen LogP contribution in [0.25, 0.3) is 0 Å². The topological polar surface area (TPSA) is 24.8 Å². The molecule has 0 spiro atoms. The second kappa shape index (κ2) is 9.19. The van der Waals surface area contributed by atoms with Crippen molar-refractivity contribution in [3.05, 3.63) is 48.0 Å². The van der Waals surface area contributed by atoms with E-state index in [0.29, 0.717) is 5.91 Å². The van der Waals surface area contributed by atoms with Gasteiger partial charge in [0.2, 0.25) is 5.91 Å². The van der Waals surface area contributed by atoms with Crippen molar-refractivity contribution in [2.45, 2.75) is 45.6 Å². The molecule has 0 bridgehead atoms. The Kier molecular flexibility index (Phi) is 6.69. The number of piperidine rings is 1. The second-order valence-electron chi connectivity index (χ2n) is 7.72. The molecule has 1 aliphatic heterocycles. The third-order valence-corrected chi connectivity index (χ3v) is 5.91. The monoisotopic (exact) mass is 341 g/mol. The van der Waals surface area contributed by atoms with E-state index in [4.69, 9.17) is 0 Å². The number of carbonyl (C=O) groups excluding carboxylic acids is 1. The van der Waals surface area contributed by atoms with Crippen molar-refractivity contribution in [2.24, 2.45) is 11.8 Å². The smallest absolute Gasteiger partial charge is 0.226 e. The van der Waals surface area contributed by atoms with E-state index in [-0.39, 0.29) is 5.92 Å². The third kappa shape index (κ3) is 5.18. The number of allylic oxidation sites excluding steroid dienone is 2. The molecule has 1 atom stereocenters. The summed E-state index contributed by atoms with van der Waals surface area (Å²) in [5.41, 5.74) is 1.23. The van der Waals surface area contributed by atoms with Crippen molar-refractivity contribution in [3.63, 3.8) is 0 Å². The molecule has 0 radical (unpaired) electrons. The Labute approximate surface area is 152 Å². The van der Waals surface area contributed by atoms with Crippen LogP contribution in [0.15, 0.2) is 42.5 Å². The molecular formula is C22H33N2O+. The van der Waals surface area contributed by atoms with Crippen LogP contribution in [-0.4, -0.2) is 37.0 Å². The second-order valence-corrected chi connectivity index (χ2v) is 7.72. The highest BCUT2D eigenvalue weighted by Crippen LogP contribution is 2.18. The minimum absolute atomic E-state index is 0.235. The van der Waals surface area contributed by atoms with Crippen molar-refractivity contribution in [3.8, 4) is 0 Å². The molecule has 1 aromatic rings. The van der Waals surface area contributed by atoms with Crippen molar-refractivity contribution < 1.29 is 9.69 Å². The number of rotatable bonds is 6. The van der Waals surface area contributed by atoms with Gasteiger partial charge in [-0.15, -0.1) is 0 Å². The quantitative estimate of drug-likeness (QED) is 0.791. The molecule has 1 saturated heterocycles. The molecular weight excluding hydrogens is 308 g/mol. The van der Waals surface area contributed by atoms with Crippen LogP contribution in [0.3, 0.4) is 0 Å². The fraction of sp³-hybridized carbons (Fsp3) is 0.591. The van der Waals surface area contributed by atoms with E-state index in [1.807, 2.05) is 11.0 Å². The number of nitrogens with one attached hydrogen (secondary N) is 1. The zero-order valence-electron chi connectivity index (χ0n) is 15.6. The van der Waals surface area contributed by atoms with E-state index < -0.39 is 0 Å². The lowest BCUT2D eigenvalue weighted by Gasteiger charge is -2.33. The van der Waals surface area contributed by atoms with Crippen LogP contribution in [-0.2, 0) is 11.3 Å². The Morgan fingerprint density at radius 2 is 1.88 bits per heavy atom. The molecule has 3 nitrogen and oxygen atoms in total. The van der Waals surface area contributed by atoms with Gasteiger partial charge in [0.1, 0.15) is 0 Å². The number of nitrogens with zero attached hydrogens (tertiary/aromatic N) is 1. The van der Waals surface area contributed by atoms with Crippen LogP contribution in [0.1, 0.15) is 44.6 Å². The largest absolute Gasteiger partial charge is 0.338 e. The van der Waals surface area contributed by atoms with Gasteiger partial charge >= 0.3 is 0 Å². The lowest BCUT2D eigenvalue weighted by atomic mass is 9.91. The maximum Gasteiger partial charge on any atom is 0.226 e. The fourth-order valence-electron chi connectivity index (χ4n) is 4.33. The zero-order chi connectivity index (χ0) is 17.5. The number of benzene rings is 1. The molecule has 25 heavy (non-hydrogen) atoms. The maximum absolute atomic E-state index is 12.9. The summed E-state index contributed by atoms with van der Waals surface area (Å²) in [5, 5.41) is 0. The summed E-state index contributed by atoms with van der Waals surface area (Å²) in [4.78, 5) is 16.7. The summed E-state index contributed by atoms with van der Waals surface area (Å²) in [5.74, 6) is 1.46. The molecule has 3 heteroatoms. The summed E-state index contributed by atoms with van der Waals surface area (Å²) in [7, 11) is 0. The highest BCUT2D eigenvalue weighted by molar-refractivity contribution is 5.78. The van der Waals surface area contributed by atoms with Crippen LogP contribution >= 0.6 is 0 Å². The molecule has 136 valence electrons. The van der Waals surface area contributed by atoms with E-state index in [2.05, 4.69) is 43.3 Å². The summed E-state index contributed by atoms with van der Waals surface area (Å²) in [6.45, 7) is 7.27. The Balaban J connectivity index is 1.47. The molecule has 1 fully saturated rings. The highest BCUT2D eigenvalue weighted by Gasteiger charge is 2.31. The number of amides is 1. The molecule has 0 aromatic heterocycles. The molecule has 1 N–H and O–H groups in total. The lowest BCUT2D eigenvalue weighted by molar-refractivity contribution is -0.909. The number of quaternary nitrogens is 1. The van der Waals surface area contributed by atoms with Crippen molar-refractivity contribution in [1.29, 1.82) is 0 Å². The molecule has 1 heterocycles. The highest BCUT2D eigenvalue weighted by atomic mass is 16.2. The summed E-state index contributed by atoms with van der Waals surface area (Å²) in [6, 6.07) is 10.4. The maximum atomic E-state index is 12.9. The third-order valence-electron chi connectivity index (χ3n) is 5.91. The standard InChI is InChI=1S/C22H32N2O/c1-2-24(18-20-11-7-4-8-12-20)22(25)21-13-15-23(16-14-21)17-19-9-5-3-6-10-19/h3-5,7-8,11-12,19,21H,2,6,9-10,13-18H2,1H3/p+1/t19-/m1/s1. The van der Waals surface area contributed by atoms with Gasteiger partial charge in [0, 0.05) is 37.8 Å². The van der Waals surface area contributed by atoms with Gasteiger partial charge in [-0.05, 0) is 31.7 Å². The van der Waals surface area contributed by atoms with Gasteiger partial charge in [-0.1, -0.05) is 42.5 Å². The Morgan fingerprint density at radius 3 is 2.52 bits per heavy atom. The van der Waals surface area contributed by atoms with Crippen molar-refractivity contribution >= 4 is 5.91 Å². The predicted octanol–water partition coefficient (Wildman–Crippen LogP) is 2.69. The number of carbonyl (C=O) groups is 1. The van der Waals surface area contributed by atoms with Gasteiger partial charge in [0.05, 0.1) is 19.6 Å². The van der Waals surface area contributed by atoms with Gasteiger partial charge in [-0.2, -0.15) is 0 Å². The van der Waals surface area contributed by atoms with Gasteiger partial charge in [0.15, 0.2) is 0 Å². The Hall–Kier alpha value is -1.61. The number of hydrogen-bond donors (Lipinski definition) is 1.